The summed E-state index contributed by atoms with van der Waals surface area (Å²) >= 11 is 0. The minimum atomic E-state index is -1.28. The van der Waals surface area contributed by atoms with Gasteiger partial charge in [0.15, 0.2) is 0 Å². The lowest BCUT2D eigenvalue weighted by atomic mass is 9.77. The molecule has 0 spiro atoms. The number of fused-ring (bicyclic) bond motifs is 1. The fraction of sp³-hybridized carbons (Fsp3) is 0.455. The zero-order valence-electron chi connectivity index (χ0n) is 17.0. The molecule has 0 fully saturated rings. The number of methoxy groups -OCH3 is 3. The van der Waals surface area contributed by atoms with Gasteiger partial charge in [-0.05, 0) is 34.7 Å². The highest BCUT2D eigenvalue weighted by molar-refractivity contribution is 5.58. The Bertz CT molecular complexity index is 824. The van der Waals surface area contributed by atoms with E-state index in [0.29, 0.717) is 30.3 Å². The van der Waals surface area contributed by atoms with Crippen molar-refractivity contribution in [2.45, 2.75) is 38.3 Å². The molecular formula is C22H29NO4. The molecule has 2 N–H and O–H groups in total. The highest BCUT2D eigenvalue weighted by atomic mass is 16.5. The van der Waals surface area contributed by atoms with Crippen LogP contribution in [-0.2, 0) is 17.6 Å². The van der Waals surface area contributed by atoms with E-state index in [0.717, 1.165) is 22.3 Å². The van der Waals surface area contributed by atoms with Crippen molar-refractivity contribution in [2.75, 3.05) is 27.9 Å². The quantitative estimate of drug-likeness (QED) is 0.863. The Morgan fingerprint density at radius 1 is 0.963 bits per heavy atom. The molecule has 1 unspecified atom stereocenters. The second kappa shape index (κ2) is 7.06. The highest BCUT2D eigenvalue weighted by Gasteiger charge is 2.42. The lowest BCUT2D eigenvalue weighted by molar-refractivity contribution is 0.0656. The van der Waals surface area contributed by atoms with Crippen molar-refractivity contribution < 1.29 is 19.3 Å². The third-order valence-electron chi connectivity index (χ3n) is 5.23. The third kappa shape index (κ3) is 3.37. The Labute approximate surface area is 161 Å². The summed E-state index contributed by atoms with van der Waals surface area (Å²) in [5.74, 6) is 1.96. The second-order valence-electron chi connectivity index (χ2n) is 7.99. The van der Waals surface area contributed by atoms with Crippen LogP contribution in [0.5, 0.6) is 17.2 Å². The number of rotatable bonds is 4. The zero-order chi connectivity index (χ0) is 19.8. The van der Waals surface area contributed by atoms with Crippen LogP contribution in [0.3, 0.4) is 0 Å². The predicted octanol–water partition coefficient (Wildman–Crippen LogP) is 3.35. The molecule has 5 nitrogen and oxygen atoms in total. The summed E-state index contributed by atoms with van der Waals surface area (Å²) < 4.78 is 16.6. The first kappa shape index (κ1) is 19.5. The summed E-state index contributed by atoms with van der Waals surface area (Å²) in [5, 5.41) is 15.2. The maximum Gasteiger partial charge on any atom is 0.134 e. The third-order valence-corrected chi connectivity index (χ3v) is 5.23. The van der Waals surface area contributed by atoms with Gasteiger partial charge in [0, 0.05) is 30.3 Å². The van der Waals surface area contributed by atoms with Crippen LogP contribution in [0.2, 0.25) is 0 Å². The van der Waals surface area contributed by atoms with Crippen LogP contribution in [-0.4, -0.2) is 33.0 Å². The van der Waals surface area contributed by atoms with Gasteiger partial charge in [0.1, 0.15) is 22.8 Å². The van der Waals surface area contributed by atoms with Crippen molar-refractivity contribution in [1.82, 2.24) is 5.32 Å². The van der Waals surface area contributed by atoms with Gasteiger partial charge in [-0.2, -0.15) is 0 Å². The number of β-amino-alcohol motifs (C(OH)–C–C–N with tert-alkyl or cyclic N) is 1. The standard InChI is InChI=1S/C22H29NO4/c1-21(2,3)15-7-8-18(26-5)17(10-15)22(24)13-23-12-14-9-16(25-4)11-19(27-6)20(14)22/h7-11,23-24H,12-13H2,1-6H3. The van der Waals surface area contributed by atoms with E-state index in [-0.39, 0.29) is 5.41 Å². The van der Waals surface area contributed by atoms with E-state index in [1.807, 2.05) is 30.3 Å². The van der Waals surface area contributed by atoms with E-state index in [9.17, 15) is 5.11 Å². The predicted molar refractivity (Wildman–Crippen MR) is 106 cm³/mol. The summed E-state index contributed by atoms with van der Waals surface area (Å²) in [7, 11) is 4.86. The van der Waals surface area contributed by atoms with Crippen molar-refractivity contribution in [3.8, 4) is 17.2 Å². The number of benzene rings is 2. The number of hydrogen-bond donors (Lipinski definition) is 2. The van der Waals surface area contributed by atoms with Crippen LogP contribution < -0.4 is 19.5 Å². The number of hydrogen-bond acceptors (Lipinski definition) is 5. The molecule has 1 atom stereocenters. The maximum absolute atomic E-state index is 11.9. The van der Waals surface area contributed by atoms with E-state index in [4.69, 9.17) is 14.2 Å². The van der Waals surface area contributed by atoms with E-state index in [1.54, 1.807) is 21.3 Å². The van der Waals surface area contributed by atoms with Crippen LogP contribution in [0.25, 0.3) is 0 Å². The van der Waals surface area contributed by atoms with Gasteiger partial charge in [-0.3, -0.25) is 0 Å². The molecule has 5 heteroatoms. The van der Waals surface area contributed by atoms with Crippen LogP contribution in [0.1, 0.15) is 43.0 Å². The number of ether oxygens (including phenoxy) is 3. The SMILES string of the molecule is COc1cc2c(c(OC)c1)C(O)(c1cc(C(C)(C)C)ccc1OC)CNC2. The highest BCUT2D eigenvalue weighted by Crippen LogP contribution is 2.45. The van der Waals surface area contributed by atoms with Gasteiger partial charge >= 0.3 is 0 Å². The van der Waals surface area contributed by atoms with Crippen molar-refractivity contribution in [2.24, 2.45) is 0 Å². The maximum atomic E-state index is 11.9. The fourth-order valence-electron chi connectivity index (χ4n) is 3.73. The molecule has 1 aliphatic rings. The minimum absolute atomic E-state index is 0.0493. The van der Waals surface area contributed by atoms with Gasteiger partial charge in [-0.1, -0.05) is 26.8 Å². The molecular weight excluding hydrogens is 342 g/mol. The largest absolute Gasteiger partial charge is 0.497 e. The van der Waals surface area contributed by atoms with Crippen LogP contribution in [0.4, 0.5) is 0 Å². The van der Waals surface area contributed by atoms with Gasteiger partial charge in [-0.25, -0.2) is 0 Å². The summed E-state index contributed by atoms with van der Waals surface area (Å²) in [6, 6.07) is 9.77. The molecule has 0 aliphatic carbocycles. The average molecular weight is 371 g/mol. The first-order valence-corrected chi connectivity index (χ1v) is 9.12. The molecule has 1 heterocycles. The molecule has 2 aromatic carbocycles. The first-order valence-electron chi connectivity index (χ1n) is 9.12. The van der Waals surface area contributed by atoms with Gasteiger partial charge in [0.05, 0.1) is 21.3 Å². The molecule has 0 radical (unpaired) electrons. The molecule has 0 aromatic heterocycles. The Morgan fingerprint density at radius 2 is 1.67 bits per heavy atom. The van der Waals surface area contributed by atoms with E-state index >= 15 is 0 Å². The van der Waals surface area contributed by atoms with Crippen LogP contribution in [0.15, 0.2) is 30.3 Å². The molecule has 0 saturated carbocycles. The normalized spacial score (nSPS) is 19.4. The van der Waals surface area contributed by atoms with Gasteiger partial charge in [0.2, 0.25) is 0 Å². The van der Waals surface area contributed by atoms with Crippen LogP contribution in [0, 0.1) is 0 Å². The van der Waals surface area contributed by atoms with Crippen molar-refractivity contribution in [1.29, 1.82) is 0 Å². The van der Waals surface area contributed by atoms with Crippen molar-refractivity contribution >= 4 is 0 Å². The van der Waals surface area contributed by atoms with E-state index < -0.39 is 5.60 Å². The first-order chi connectivity index (χ1) is 12.7. The van der Waals surface area contributed by atoms with Gasteiger partial charge in [-0.15, -0.1) is 0 Å². The van der Waals surface area contributed by atoms with Crippen molar-refractivity contribution in [3.63, 3.8) is 0 Å². The smallest absolute Gasteiger partial charge is 0.134 e. The Balaban J connectivity index is 2.28. The van der Waals surface area contributed by atoms with Crippen molar-refractivity contribution in [3.05, 3.63) is 52.6 Å². The summed E-state index contributed by atoms with van der Waals surface area (Å²) in [5.41, 5.74) is 2.24. The monoisotopic (exact) mass is 371 g/mol. The van der Waals surface area contributed by atoms with Gasteiger partial charge < -0.3 is 24.6 Å². The Hall–Kier alpha value is -2.24. The summed E-state index contributed by atoms with van der Waals surface area (Å²) in [6.07, 6.45) is 0. The number of nitrogens with one attached hydrogen (secondary N) is 1. The topological polar surface area (TPSA) is 60.0 Å². The summed E-state index contributed by atoms with van der Waals surface area (Å²) in [6.45, 7) is 7.46. The molecule has 2 aromatic rings. The molecule has 146 valence electrons. The molecule has 1 aliphatic heterocycles. The minimum Gasteiger partial charge on any atom is -0.497 e. The molecule has 0 bridgehead atoms. The average Bonchev–Trinajstić information content (AvgIpc) is 2.65. The zero-order valence-corrected chi connectivity index (χ0v) is 17.0. The van der Waals surface area contributed by atoms with Gasteiger partial charge in [0.25, 0.3) is 0 Å². The molecule has 0 saturated heterocycles. The molecule has 3 rings (SSSR count). The lowest BCUT2D eigenvalue weighted by Gasteiger charge is -2.38. The second-order valence-corrected chi connectivity index (χ2v) is 7.99. The molecule has 0 amide bonds. The number of aliphatic hydroxyl groups is 1. The fourth-order valence-corrected chi connectivity index (χ4v) is 3.73. The Morgan fingerprint density at radius 3 is 2.26 bits per heavy atom. The van der Waals surface area contributed by atoms with Crippen LogP contribution >= 0.6 is 0 Å². The Kier molecular flexibility index (Phi) is 5.10. The summed E-state index contributed by atoms with van der Waals surface area (Å²) in [4.78, 5) is 0. The lowest BCUT2D eigenvalue weighted by Crippen LogP contribution is -2.44. The van der Waals surface area contributed by atoms with E-state index in [2.05, 4.69) is 26.1 Å². The van der Waals surface area contributed by atoms with E-state index in [1.165, 1.54) is 0 Å². The molecule has 27 heavy (non-hydrogen) atoms.